The zero-order valence-corrected chi connectivity index (χ0v) is 13.1. The molecule has 0 spiro atoms. The molecule has 4 heteroatoms. The van der Waals surface area contributed by atoms with Gasteiger partial charge in [0.05, 0.1) is 7.11 Å². The molecular formula is C15H25ClN2O. The van der Waals surface area contributed by atoms with E-state index in [-0.39, 0.29) is 6.04 Å². The summed E-state index contributed by atoms with van der Waals surface area (Å²) in [7, 11) is 3.77. The van der Waals surface area contributed by atoms with Gasteiger partial charge < -0.3 is 15.4 Å². The molecule has 0 aliphatic carbocycles. The minimum atomic E-state index is 0.253. The van der Waals surface area contributed by atoms with Gasteiger partial charge in [-0.15, -0.1) is 0 Å². The van der Waals surface area contributed by atoms with Crippen molar-refractivity contribution in [2.24, 2.45) is 11.7 Å². The molecule has 1 atom stereocenters. The first-order valence-electron chi connectivity index (χ1n) is 6.70. The number of halogens is 1. The molecule has 0 bridgehead atoms. The molecule has 0 aliphatic rings. The normalized spacial score (nSPS) is 13.1. The predicted octanol–water partition coefficient (Wildman–Crippen LogP) is 3.15. The first kappa shape index (κ1) is 16.3. The fraction of sp³-hybridized carbons (Fsp3) is 0.600. The van der Waals surface area contributed by atoms with Crippen molar-refractivity contribution >= 4 is 11.6 Å². The molecule has 0 saturated carbocycles. The Morgan fingerprint density at radius 2 is 2.05 bits per heavy atom. The van der Waals surface area contributed by atoms with Gasteiger partial charge in [0.25, 0.3) is 0 Å². The van der Waals surface area contributed by atoms with Crippen molar-refractivity contribution in [1.82, 2.24) is 4.90 Å². The van der Waals surface area contributed by atoms with Crippen molar-refractivity contribution in [2.75, 3.05) is 20.7 Å². The second kappa shape index (κ2) is 7.73. The van der Waals surface area contributed by atoms with Gasteiger partial charge in [0.2, 0.25) is 0 Å². The van der Waals surface area contributed by atoms with Crippen molar-refractivity contribution in [3.63, 3.8) is 0 Å². The van der Waals surface area contributed by atoms with Crippen LogP contribution in [0.5, 0.6) is 5.75 Å². The lowest BCUT2D eigenvalue weighted by Crippen LogP contribution is -2.31. The molecule has 1 aromatic rings. The van der Waals surface area contributed by atoms with E-state index in [0.717, 1.165) is 35.8 Å². The fourth-order valence-corrected chi connectivity index (χ4v) is 2.14. The second-order valence-corrected chi connectivity index (χ2v) is 5.83. The Kier molecular flexibility index (Phi) is 6.63. The quantitative estimate of drug-likeness (QED) is 0.836. The summed E-state index contributed by atoms with van der Waals surface area (Å²) in [4.78, 5) is 2.25. The van der Waals surface area contributed by atoms with Crippen LogP contribution in [-0.2, 0) is 6.54 Å². The highest BCUT2D eigenvalue weighted by Gasteiger charge is 2.11. The summed E-state index contributed by atoms with van der Waals surface area (Å²) in [6.07, 6.45) is 0.997. The van der Waals surface area contributed by atoms with Crippen LogP contribution in [0.15, 0.2) is 18.2 Å². The third-order valence-corrected chi connectivity index (χ3v) is 3.62. The van der Waals surface area contributed by atoms with Gasteiger partial charge in [-0.05, 0) is 44.1 Å². The zero-order chi connectivity index (χ0) is 14.4. The van der Waals surface area contributed by atoms with Crippen LogP contribution in [0.2, 0.25) is 5.02 Å². The molecule has 0 saturated heterocycles. The summed E-state index contributed by atoms with van der Waals surface area (Å²) in [5.41, 5.74) is 7.17. The Balaban J connectivity index is 2.56. The van der Waals surface area contributed by atoms with Gasteiger partial charge in [0, 0.05) is 23.2 Å². The lowest BCUT2D eigenvalue weighted by atomic mass is 10.0. The fourth-order valence-electron chi connectivity index (χ4n) is 1.94. The van der Waals surface area contributed by atoms with E-state index in [9.17, 15) is 0 Å². The Morgan fingerprint density at radius 3 is 2.63 bits per heavy atom. The molecule has 2 N–H and O–H groups in total. The molecule has 19 heavy (non-hydrogen) atoms. The van der Waals surface area contributed by atoms with E-state index < -0.39 is 0 Å². The van der Waals surface area contributed by atoms with E-state index in [0.29, 0.717) is 5.92 Å². The highest BCUT2D eigenvalue weighted by atomic mass is 35.5. The maximum absolute atomic E-state index is 6.07. The molecule has 0 heterocycles. The monoisotopic (exact) mass is 284 g/mol. The Hall–Kier alpha value is -0.770. The molecule has 1 rings (SSSR count). The molecule has 0 radical (unpaired) electrons. The van der Waals surface area contributed by atoms with Gasteiger partial charge >= 0.3 is 0 Å². The summed E-state index contributed by atoms with van der Waals surface area (Å²) in [5.74, 6) is 1.40. The number of benzene rings is 1. The molecule has 108 valence electrons. The van der Waals surface area contributed by atoms with Gasteiger partial charge in [-0.2, -0.15) is 0 Å². The first-order valence-corrected chi connectivity index (χ1v) is 7.08. The molecular weight excluding hydrogens is 260 g/mol. The van der Waals surface area contributed by atoms with Gasteiger partial charge in [-0.25, -0.2) is 0 Å². The van der Waals surface area contributed by atoms with Crippen LogP contribution in [0, 0.1) is 5.92 Å². The average Bonchev–Trinajstić information content (AvgIpc) is 2.36. The number of ether oxygens (including phenoxy) is 1. The van der Waals surface area contributed by atoms with E-state index in [1.165, 1.54) is 0 Å². The van der Waals surface area contributed by atoms with Crippen molar-refractivity contribution in [2.45, 2.75) is 32.9 Å². The van der Waals surface area contributed by atoms with E-state index in [4.69, 9.17) is 22.1 Å². The van der Waals surface area contributed by atoms with Crippen LogP contribution in [0.3, 0.4) is 0 Å². The van der Waals surface area contributed by atoms with Crippen molar-refractivity contribution < 1.29 is 4.74 Å². The van der Waals surface area contributed by atoms with E-state index >= 15 is 0 Å². The highest BCUT2D eigenvalue weighted by Crippen LogP contribution is 2.23. The average molecular weight is 285 g/mol. The Bertz CT molecular complexity index is 396. The number of nitrogens with zero attached hydrogens (tertiary/aromatic N) is 1. The van der Waals surface area contributed by atoms with E-state index in [2.05, 4.69) is 25.8 Å². The Morgan fingerprint density at radius 1 is 1.37 bits per heavy atom. The summed E-state index contributed by atoms with van der Waals surface area (Å²) in [6.45, 7) is 6.10. The smallest absolute Gasteiger partial charge is 0.123 e. The highest BCUT2D eigenvalue weighted by molar-refractivity contribution is 6.30. The van der Waals surface area contributed by atoms with Crippen LogP contribution in [0.1, 0.15) is 25.8 Å². The van der Waals surface area contributed by atoms with Crippen molar-refractivity contribution in [3.8, 4) is 5.75 Å². The number of nitrogens with two attached hydrogens (primary N) is 1. The van der Waals surface area contributed by atoms with Gasteiger partial charge in [-0.1, -0.05) is 25.4 Å². The minimum absolute atomic E-state index is 0.253. The third kappa shape index (κ3) is 5.39. The number of hydrogen-bond acceptors (Lipinski definition) is 3. The van der Waals surface area contributed by atoms with Gasteiger partial charge in [0.15, 0.2) is 0 Å². The topological polar surface area (TPSA) is 38.5 Å². The van der Waals surface area contributed by atoms with Crippen LogP contribution in [0.4, 0.5) is 0 Å². The molecule has 0 aromatic heterocycles. The number of hydrogen-bond donors (Lipinski definition) is 1. The third-order valence-electron chi connectivity index (χ3n) is 3.38. The van der Waals surface area contributed by atoms with Gasteiger partial charge in [0.1, 0.15) is 5.75 Å². The van der Waals surface area contributed by atoms with Crippen LogP contribution in [0.25, 0.3) is 0 Å². The van der Waals surface area contributed by atoms with Crippen LogP contribution < -0.4 is 10.5 Å². The summed E-state index contributed by atoms with van der Waals surface area (Å²) >= 11 is 6.03. The summed E-state index contributed by atoms with van der Waals surface area (Å²) in [6, 6.07) is 5.96. The molecule has 0 amide bonds. The van der Waals surface area contributed by atoms with Gasteiger partial charge in [-0.3, -0.25) is 0 Å². The SMILES string of the molecule is COc1ccc(Cl)cc1CN(C)CCC(N)C(C)C. The van der Waals surface area contributed by atoms with Crippen LogP contribution >= 0.6 is 11.6 Å². The summed E-state index contributed by atoms with van der Waals surface area (Å²) < 4.78 is 5.36. The molecule has 1 aromatic carbocycles. The molecule has 3 nitrogen and oxygen atoms in total. The maximum Gasteiger partial charge on any atom is 0.123 e. The van der Waals surface area contributed by atoms with Crippen molar-refractivity contribution in [1.29, 1.82) is 0 Å². The summed E-state index contributed by atoms with van der Waals surface area (Å²) in [5, 5.41) is 0.739. The molecule has 0 fully saturated rings. The standard InChI is InChI=1S/C15H25ClN2O/c1-11(2)14(17)7-8-18(3)10-12-9-13(16)5-6-15(12)19-4/h5-6,9,11,14H,7-8,10,17H2,1-4H3. The minimum Gasteiger partial charge on any atom is -0.496 e. The number of rotatable bonds is 7. The maximum atomic E-state index is 6.07. The van der Waals surface area contributed by atoms with Crippen molar-refractivity contribution in [3.05, 3.63) is 28.8 Å². The number of methoxy groups -OCH3 is 1. The zero-order valence-electron chi connectivity index (χ0n) is 12.3. The lowest BCUT2D eigenvalue weighted by Gasteiger charge is -2.22. The first-order chi connectivity index (χ1) is 8.93. The van der Waals surface area contributed by atoms with E-state index in [1.807, 2.05) is 18.2 Å². The Labute approximate surface area is 121 Å². The second-order valence-electron chi connectivity index (χ2n) is 5.39. The van der Waals surface area contributed by atoms with Crippen LogP contribution in [-0.4, -0.2) is 31.6 Å². The lowest BCUT2D eigenvalue weighted by molar-refractivity contribution is 0.291. The molecule has 1 unspecified atom stereocenters. The van der Waals surface area contributed by atoms with E-state index in [1.54, 1.807) is 7.11 Å². The molecule has 0 aliphatic heterocycles. The predicted molar refractivity (Wildman–Crippen MR) is 81.8 cm³/mol. The largest absolute Gasteiger partial charge is 0.496 e.